The van der Waals surface area contributed by atoms with Crippen LogP contribution >= 0.6 is 0 Å². The van der Waals surface area contributed by atoms with E-state index in [-0.39, 0.29) is 18.6 Å². The monoisotopic (exact) mass is 240 g/mol. The third-order valence-corrected chi connectivity index (χ3v) is 3.99. The van der Waals surface area contributed by atoms with Crippen LogP contribution in [0.2, 0.25) is 0 Å². The number of amides is 1. The summed E-state index contributed by atoms with van der Waals surface area (Å²) >= 11 is 0. The van der Waals surface area contributed by atoms with E-state index in [0.29, 0.717) is 12.5 Å². The van der Waals surface area contributed by atoms with E-state index in [2.05, 4.69) is 5.32 Å². The Morgan fingerprint density at radius 1 is 1.29 bits per heavy atom. The smallest absolute Gasteiger partial charge is 0.224 e. The number of carbonyl (C=O) groups is 1. The van der Waals surface area contributed by atoms with Gasteiger partial charge >= 0.3 is 0 Å². The minimum atomic E-state index is 0.191. The number of hydrogen-bond acceptors (Lipinski definition) is 3. The summed E-state index contributed by atoms with van der Waals surface area (Å²) in [6.45, 7) is 2.13. The summed E-state index contributed by atoms with van der Waals surface area (Å²) in [7, 11) is 0. The largest absolute Gasteiger partial charge is 0.396 e. The van der Waals surface area contributed by atoms with Gasteiger partial charge in [-0.25, -0.2) is 0 Å². The van der Waals surface area contributed by atoms with Crippen molar-refractivity contribution < 1.29 is 9.90 Å². The number of aliphatic hydroxyl groups excluding tert-OH is 1. The molecule has 2 rings (SSSR count). The first kappa shape index (κ1) is 12.8. The first-order valence-electron chi connectivity index (χ1n) is 6.95. The fourth-order valence-electron chi connectivity index (χ4n) is 3.04. The van der Waals surface area contributed by atoms with Crippen LogP contribution in [0.5, 0.6) is 0 Å². The van der Waals surface area contributed by atoms with Gasteiger partial charge < -0.3 is 15.3 Å². The number of carbonyl (C=O) groups excluding carboxylic acids is 1. The molecule has 2 atom stereocenters. The minimum absolute atomic E-state index is 0.191. The molecule has 2 aliphatic rings. The highest BCUT2D eigenvalue weighted by atomic mass is 16.3. The van der Waals surface area contributed by atoms with Gasteiger partial charge in [0.15, 0.2) is 0 Å². The molecular formula is C13H24N2O2. The Bertz CT molecular complexity index is 250. The molecule has 2 saturated heterocycles. The second-order valence-electron chi connectivity index (χ2n) is 5.25. The lowest BCUT2D eigenvalue weighted by molar-refractivity contribution is -0.135. The fourth-order valence-corrected chi connectivity index (χ4v) is 3.04. The van der Waals surface area contributed by atoms with Crippen LogP contribution in [0.1, 0.15) is 44.9 Å². The average Bonchev–Trinajstić information content (AvgIpc) is 2.83. The number of nitrogens with one attached hydrogen (secondary N) is 1. The molecular weight excluding hydrogens is 216 g/mol. The molecule has 4 nitrogen and oxygen atoms in total. The highest BCUT2D eigenvalue weighted by Gasteiger charge is 2.28. The molecule has 2 fully saturated rings. The van der Waals surface area contributed by atoms with E-state index in [4.69, 9.17) is 5.11 Å². The van der Waals surface area contributed by atoms with Crippen LogP contribution in [-0.4, -0.2) is 47.7 Å². The molecule has 2 heterocycles. The van der Waals surface area contributed by atoms with Crippen molar-refractivity contribution in [3.63, 3.8) is 0 Å². The van der Waals surface area contributed by atoms with Crippen LogP contribution in [-0.2, 0) is 4.79 Å². The predicted molar refractivity (Wildman–Crippen MR) is 66.7 cm³/mol. The number of rotatable bonds is 4. The van der Waals surface area contributed by atoms with Crippen molar-refractivity contribution in [2.45, 2.75) is 57.0 Å². The SMILES string of the molecule is O=C(CC1CCCN1)N1CCCCC1CCO. The first-order chi connectivity index (χ1) is 8.31. The van der Waals surface area contributed by atoms with E-state index in [9.17, 15) is 4.79 Å². The highest BCUT2D eigenvalue weighted by molar-refractivity contribution is 5.77. The summed E-state index contributed by atoms with van der Waals surface area (Å²) in [5, 5.41) is 12.4. The minimum Gasteiger partial charge on any atom is -0.396 e. The van der Waals surface area contributed by atoms with Crippen molar-refractivity contribution in [3.8, 4) is 0 Å². The van der Waals surface area contributed by atoms with Crippen molar-refractivity contribution in [3.05, 3.63) is 0 Å². The van der Waals surface area contributed by atoms with Gasteiger partial charge in [-0.05, 0) is 45.1 Å². The number of hydrogen-bond donors (Lipinski definition) is 2. The first-order valence-corrected chi connectivity index (χ1v) is 6.95. The lowest BCUT2D eigenvalue weighted by Crippen LogP contribution is -2.45. The molecule has 0 radical (unpaired) electrons. The van der Waals surface area contributed by atoms with Crippen LogP contribution < -0.4 is 5.32 Å². The van der Waals surface area contributed by atoms with Crippen LogP contribution in [0.4, 0.5) is 0 Å². The van der Waals surface area contributed by atoms with Crippen LogP contribution in [0, 0.1) is 0 Å². The van der Waals surface area contributed by atoms with Gasteiger partial charge in [0.05, 0.1) is 0 Å². The maximum atomic E-state index is 12.2. The van der Waals surface area contributed by atoms with E-state index in [1.165, 1.54) is 12.8 Å². The van der Waals surface area contributed by atoms with Gasteiger partial charge in [-0.2, -0.15) is 0 Å². The third kappa shape index (κ3) is 3.42. The van der Waals surface area contributed by atoms with E-state index in [0.717, 1.165) is 38.8 Å². The maximum Gasteiger partial charge on any atom is 0.224 e. The average molecular weight is 240 g/mol. The Kier molecular flexibility index (Phi) is 4.80. The number of aliphatic hydroxyl groups is 1. The normalized spacial score (nSPS) is 29.6. The Labute approximate surface area is 103 Å². The van der Waals surface area contributed by atoms with Crippen molar-refractivity contribution >= 4 is 5.91 Å². The molecule has 4 heteroatoms. The van der Waals surface area contributed by atoms with E-state index < -0.39 is 0 Å². The molecule has 2 unspecified atom stereocenters. The summed E-state index contributed by atoms with van der Waals surface area (Å²) in [4.78, 5) is 14.3. The molecule has 2 aliphatic heterocycles. The summed E-state index contributed by atoms with van der Waals surface area (Å²) in [5.41, 5.74) is 0. The van der Waals surface area contributed by atoms with Crippen molar-refractivity contribution in [1.29, 1.82) is 0 Å². The fraction of sp³-hybridized carbons (Fsp3) is 0.923. The zero-order valence-corrected chi connectivity index (χ0v) is 10.5. The summed E-state index contributed by atoms with van der Waals surface area (Å²) in [5.74, 6) is 0.280. The molecule has 98 valence electrons. The molecule has 0 saturated carbocycles. The van der Waals surface area contributed by atoms with Crippen LogP contribution in [0.3, 0.4) is 0 Å². The number of nitrogens with zero attached hydrogens (tertiary/aromatic N) is 1. The van der Waals surface area contributed by atoms with E-state index >= 15 is 0 Å². The lowest BCUT2D eigenvalue weighted by Gasteiger charge is -2.36. The third-order valence-electron chi connectivity index (χ3n) is 3.99. The van der Waals surface area contributed by atoms with Crippen LogP contribution in [0.25, 0.3) is 0 Å². The van der Waals surface area contributed by atoms with Gasteiger partial charge in [0.25, 0.3) is 0 Å². The maximum absolute atomic E-state index is 12.2. The second-order valence-corrected chi connectivity index (χ2v) is 5.25. The Hall–Kier alpha value is -0.610. The molecule has 2 N–H and O–H groups in total. The number of piperidine rings is 1. The molecule has 0 spiro atoms. The van der Waals surface area contributed by atoms with Crippen molar-refractivity contribution in [2.24, 2.45) is 0 Å². The standard InChI is InChI=1S/C13H24N2O2/c16-9-6-12-5-1-2-8-15(12)13(17)10-11-4-3-7-14-11/h11-12,14,16H,1-10H2. The molecule has 0 aliphatic carbocycles. The molecule has 17 heavy (non-hydrogen) atoms. The Morgan fingerprint density at radius 3 is 2.88 bits per heavy atom. The Balaban J connectivity index is 1.86. The van der Waals surface area contributed by atoms with Crippen molar-refractivity contribution in [2.75, 3.05) is 19.7 Å². The lowest BCUT2D eigenvalue weighted by atomic mass is 9.98. The van der Waals surface area contributed by atoms with Crippen molar-refractivity contribution in [1.82, 2.24) is 10.2 Å². The van der Waals surface area contributed by atoms with Gasteiger partial charge in [0.1, 0.15) is 0 Å². The van der Waals surface area contributed by atoms with Crippen LogP contribution in [0.15, 0.2) is 0 Å². The summed E-state index contributed by atoms with van der Waals surface area (Å²) < 4.78 is 0. The zero-order chi connectivity index (χ0) is 12.1. The Morgan fingerprint density at radius 2 is 2.18 bits per heavy atom. The van der Waals surface area contributed by atoms with Gasteiger partial charge in [-0.15, -0.1) is 0 Å². The topological polar surface area (TPSA) is 52.6 Å². The highest BCUT2D eigenvalue weighted by Crippen LogP contribution is 2.21. The van der Waals surface area contributed by atoms with Gasteiger partial charge in [0, 0.05) is 31.7 Å². The van der Waals surface area contributed by atoms with Gasteiger partial charge in [-0.3, -0.25) is 4.79 Å². The molecule has 0 aromatic heterocycles. The zero-order valence-electron chi connectivity index (χ0n) is 10.5. The molecule has 0 aromatic rings. The second kappa shape index (κ2) is 6.36. The van der Waals surface area contributed by atoms with Gasteiger partial charge in [-0.1, -0.05) is 0 Å². The number of likely N-dealkylation sites (tertiary alicyclic amines) is 1. The van der Waals surface area contributed by atoms with Gasteiger partial charge in [0.2, 0.25) is 5.91 Å². The predicted octanol–water partition coefficient (Wildman–Crippen LogP) is 0.892. The summed E-state index contributed by atoms with van der Waals surface area (Å²) in [6, 6.07) is 0.668. The van der Waals surface area contributed by atoms with E-state index in [1.54, 1.807) is 0 Å². The molecule has 0 bridgehead atoms. The quantitative estimate of drug-likeness (QED) is 0.767. The van der Waals surface area contributed by atoms with E-state index in [1.807, 2.05) is 4.90 Å². The molecule has 1 amide bonds. The molecule has 0 aromatic carbocycles. The summed E-state index contributed by atoms with van der Waals surface area (Å²) in [6.07, 6.45) is 7.07.